The Morgan fingerprint density at radius 2 is 0.929 bits per heavy atom. The summed E-state index contributed by atoms with van der Waals surface area (Å²) in [6, 6.07) is 0. The first-order valence-electron chi connectivity index (χ1n) is 3.84. The van der Waals surface area contributed by atoms with Gasteiger partial charge < -0.3 is 14.3 Å². The minimum Gasteiger partial charge on any atom is -0.394 e. The van der Waals surface area contributed by atoms with E-state index in [0.717, 1.165) is 0 Å². The van der Waals surface area contributed by atoms with Gasteiger partial charge in [-0.2, -0.15) is 0 Å². The molecule has 0 heterocycles. The Balaban J connectivity index is -0.000000147. The van der Waals surface area contributed by atoms with Crippen molar-refractivity contribution in [2.24, 2.45) is 0 Å². The second-order valence-corrected chi connectivity index (χ2v) is 2.40. The molecule has 0 saturated carbocycles. The molecular weight excluding hydrogens is 188 g/mol. The quantitative estimate of drug-likeness (QED) is 0.436. The molecular formula is C9H18O5. The molecule has 14 heavy (non-hydrogen) atoms. The minimum absolute atomic E-state index is 0.167. The average molecular weight is 206 g/mol. The molecule has 0 aromatic rings. The lowest BCUT2D eigenvalue weighted by atomic mass is 10.6. The van der Waals surface area contributed by atoms with Crippen molar-refractivity contribution in [3.8, 4) is 0 Å². The fourth-order valence-corrected chi connectivity index (χ4v) is 0.202. The number of Topliss-reactive ketones (excluding diaryl/α,β-unsaturated/α-hetero) is 1. The largest absolute Gasteiger partial charge is 0.394 e. The van der Waals surface area contributed by atoms with Crippen LogP contribution < -0.4 is 0 Å². The van der Waals surface area contributed by atoms with Crippen LogP contribution in [0.1, 0.15) is 27.7 Å². The van der Waals surface area contributed by atoms with E-state index in [1.165, 1.54) is 27.7 Å². The van der Waals surface area contributed by atoms with Crippen molar-refractivity contribution in [2.75, 3.05) is 14.2 Å². The Kier molecular flexibility index (Phi) is 18.9. The lowest BCUT2D eigenvalue weighted by molar-refractivity contribution is -0.156. The third-order valence-corrected chi connectivity index (χ3v) is 0.287. The fourth-order valence-electron chi connectivity index (χ4n) is 0.202. The second kappa shape index (κ2) is 14.3. The summed E-state index contributed by atoms with van der Waals surface area (Å²) in [6.45, 7) is 5.42. The highest BCUT2D eigenvalue weighted by atomic mass is 16.6. The van der Waals surface area contributed by atoms with E-state index in [2.05, 4.69) is 9.47 Å². The molecule has 5 heteroatoms. The molecule has 0 aromatic heterocycles. The van der Waals surface area contributed by atoms with Gasteiger partial charge >= 0.3 is 11.9 Å². The van der Waals surface area contributed by atoms with Crippen molar-refractivity contribution in [1.82, 2.24) is 0 Å². The lowest BCUT2D eigenvalue weighted by Crippen LogP contribution is -2.03. The van der Waals surface area contributed by atoms with Crippen molar-refractivity contribution in [3.63, 3.8) is 0 Å². The van der Waals surface area contributed by atoms with Crippen LogP contribution in [0.4, 0.5) is 0 Å². The van der Waals surface area contributed by atoms with Gasteiger partial charge in [-0.3, -0.25) is 9.59 Å². The predicted octanol–water partition coefficient (Wildman–Crippen LogP) is 0.954. The molecule has 0 spiro atoms. The second-order valence-electron chi connectivity index (χ2n) is 2.40. The van der Waals surface area contributed by atoms with Gasteiger partial charge in [-0.15, -0.1) is 0 Å². The van der Waals surface area contributed by atoms with Crippen LogP contribution in [-0.4, -0.2) is 31.9 Å². The summed E-state index contributed by atoms with van der Waals surface area (Å²) in [7, 11) is 3.25. The van der Waals surface area contributed by atoms with Crippen LogP contribution in [0.3, 0.4) is 0 Å². The first-order valence-corrected chi connectivity index (χ1v) is 3.84. The molecule has 0 aliphatic heterocycles. The summed E-state index contributed by atoms with van der Waals surface area (Å²) >= 11 is 0. The molecule has 0 aliphatic rings. The summed E-state index contributed by atoms with van der Waals surface area (Å²) in [5, 5.41) is 0. The third-order valence-electron chi connectivity index (χ3n) is 0.287. The summed E-state index contributed by atoms with van der Waals surface area (Å²) in [5.41, 5.74) is 0. The molecule has 0 rings (SSSR count). The molecule has 0 unspecified atom stereocenters. The molecule has 0 aromatic carbocycles. The lowest BCUT2D eigenvalue weighted by Gasteiger charge is -1.87. The topological polar surface area (TPSA) is 69.7 Å². The molecule has 0 atom stereocenters. The van der Waals surface area contributed by atoms with E-state index in [-0.39, 0.29) is 5.78 Å². The number of carbonyl (C=O) groups is 3. The maximum Gasteiger partial charge on any atom is 0.310 e. The van der Waals surface area contributed by atoms with E-state index in [4.69, 9.17) is 0 Å². The number of rotatable bonds is 0. The summed E-state index contributed by atoms with van der Waals surface area (Å²) in [6.07, 6.45) is 0. The highest BCUT2D eigenvalue weighted by molar-refractivity contribution is 5.82. The first kappa shape index (κ1) is 18.5. The molecule has 0 aliphatic carbocycles. The Labute approximate surface area is 84.4 Å². The number of methoxy groups -OCH3 is 1. The number of ether oxygens (including phenoxy) is 2. The van der Waals surface area contributed by atoms with Gasteiger partial charge in [-0.05, 0) is 13.8 Å². The number of esters is 2. The summed E-state index contributed by atoms with van der Waals surface area (Å²) in [4.78, 5) is 29.1. The van der Waals surface area contributed by atoms with E-state index >= 15 is 0 Å². The van der Waals surface area contributed by atoms with Crippen molar-refractivity contribution in [2.45, 2.75) is 27.7 Å². The van der Waals surface area contributed by atoms with Crippen LogP contribution in [0.5, 0.6) is 0 Å². The molecule has 5 nitrogen and oxygen atoms in total. The standard InChI is InChI=1S/C4H6O3.C3H6O.C2H6O/c1-3(5)7-4(2)6;1-3(2)4;1-3-2/h1-2H3;1-2H3;1-2H3. The van der Waals surface area contributed by atoms with Crippen molar-refractivity contribution in [3.05, 3.63) is 0 Å². The van der Waals surface area contributed by atoms with Gasteiger partial charge in [0, 0.05) is 28.1 Å². The number of ketones is 1. The average Bonchev–Trinajstić information content (AvgIpc) is 1.82. The highest BCUT2D eigenvalue weighted by Crippen LogP contribution is 1.73. The van der Waals surface area contributed by atoms with Crippen LogP contribution in [0, 0.1) is 0 Å². The molecule has 0 bridgehead atoms. The van der Waals surface area contributed by atoms with Crippen molar-refractivity contribution >= 4 is 17.7 Å². The Hall–Kier alpha value is -1.23. The molecule has 0 amide bonds. The van der Waals surface area contributed by atoms with E-state index in [0.29, 0.717) is 0 Å². The van der Waals surface area contributed by atoms with Gasteiger partial charge in [0.2, 0.25) is 0 Å². The van der Waals surface area contributed by atoms with Crippen molar-refractivity contribution in [1.29, 1.82) is 0 Å². The third kappa shape index (κ3) is 134. The Morgan fingerprint density at radius 1 is 0.786 bits per heavy atom. The highest BCUT2D eigenvalue weighted by Gasteiger charge is 1.93. The number of hydrogen-bond donors (Lipinski definition) is 0. The number of carbonyl (C=O) groups excluding carboxylic acids is 3. The molecule has 0 radical (unpaired) electrons. The normalized spacial score (nSPS) is 7.00. The summed E-state index contributed by atoms with van der Waals surface area (Å²) in [5.74, 6) is -0.958. The maximum absolute atomic E-state index is 9.81. The Morgan fingerprint density at radius 3 is 0.929 bits per heavy atom. The van der Waals surface area contributed by atoms with Gasteiger partial charge in [0.1, 0.15) is 5.78 Å². The van der Waals surface area contributed by atoms with Crippen LogP contribution in [0.2, 0.25) is 0 Å². The zero-order valence-corrected chi connectivity index (χ0v) is 9.54. The van der Waals surface area contributed by atoms with Crippen LogP contribution in [0.25, 0.3) is 0 Å². The fraction of sp³-hybridized carbons (Fsp3) is 0.667. The molecule has 84 valence electrons. The zero-order chi connectivity index (χ0) is 12.1. The minimum atomic E-state index is -0.562. The van der Waals surface area contributed by atoms with E-state index < -0.39 is 11.9 Å². The van der Waals surface area contributed by atoms with Crippen LogP contribution >= 0.6 is 0 Å². The Bertz CT molecular complexity index is 158. The molecule has 0 saturated heterocycles. The van der Waals surface area contributed by atoms with E-state index in [1.54, 1.807) is 14.2 Å². The SMILES string of the molecule is CC(=O)OC(C)=O.CC(C)=O.COC. The van der Waals surface area contributed by atoms with Gasteiger partial charge in [0.25, 0.3) is 0 Å². The molecule has 0 fully saturated rings. The smallest absolute Gasteiger partial charge is 0.310 e. The van der Waals surface area contributed by atoms with Crippen LogP contribution in [0.15, 0.2) is 0 Å². The number of hydrogen-bond acceptors (Lipinski definition) is 5. The molecule has 0 N–H and O–H groups in total. The predicted molar refractivity (Wildman–Crippen MR) is 51.7 cm³/mol. The van der Waals surface area contributed by atoms with Gasteiger partial charge in [-0.25, -0.2) is 0 Å². The van der Waals surface area contributed by atoms with Gasteiger partial charge in [0.15, 0.2) is 0 Å². The van der Waals surface area contributed by atoms with Gasteiger partial charge in [-0.1, -0.05) is 0 Å². The van der Waals surface area contributed by atoms with Crippen molar-refractivity contribution < 1.29 is 23.9 Å². The van der Waals surface area contributed by atoms with Gasteiger partial charge in [0.05, 0.1) is 0 Å². The zero-order valence-electron chi connectivity index (χ0n) is 9.54. The van der Waals surface area contributed by atoms with Crippen LogP contribution in [-0.2, 0) is 23.9 Å². The van der Waals surface area contributed by atoms with E-state index in [9.17, 15) is 14.4 Å². The first-order chi connectivity index (χ1) is 6.27. The monoisotopic (exact) mass is 206 g/mol. The van der Waals surface area contributed by atoms with E-state index in [1.807, 2.05) is 0 Å². The maximum atomic E-state index is 9.81. The summed E-state index contributed by atoms with van der Waals surface area (Å²) < 4.78 is 8.22.